The van der Waals surface area contributed by atoms with Crippen LogP contribution in [0.3, 0.4) is 0 Å². The van der Waals surface area contributed by atoms with E-state index in [2.05, 4.69) is 5.32 Å². The molecule has 1 fully saturated rings. The van der Waals surface area contributed by atoms with Gasteiger partial charge < -0.3 is 5.32 Å². The van der Waals surface area contributed by atoms with Crippen LogP contribution in [0.15, 0.2) is 23.1 Å². The number of benzene rings is 1. The molecular formula is C17H26N2O3S. The molecular weight excluding hydrogens is 312 g/mol. The quantitative estimate of drug-likeness (QED) is 0.897. The van der Waals surface area contributed by atoms with Gasteiger partial charge in [-0.05, 0) is 50.8 Å². The summed E-state index contributed by atoms with van der Waals surface area (Å²) in [6, 6.07) is 4.88. The molecule has 1 aliphatic heterocycles. The Labute approximate surface area is 139 Å². The third-order valence-electron chi connectivity index (χ3n) is 4.40. The van der Waals surface area contributed by atoms with Gasteiger partial charge in [0.1, 0.15) is 0 Å². The van der Waals surface area contributed by atoms with Gasteiger partial charge in [-0.1, -0.05) is 19.4 Å². The minimum atomic E-state index is -3.52. The summed E-state index contributed by atoms with van der Waals surface area (Å²) in [5.41, 5.74) is 1.21. The second-order valence-electron chi connectivity index (χ2n) is 6.22. The van der Waals surface area contributed by atoms with Crippen LogP contribution in [0.5, 0.6) is 0 Å². The Kier molecular flexibility index (Phi) is 5.81. The highest BCUT2D eigenvalue weighted by Gasteiger charge is 2.27. The van der Waals surface area contributed by atoms with E-state index in [0.717, 1.165) is 31.2 Å². The minimum absolute atomic E-state index is 0.0595. The molecule has 1 saturated heterocycles. The fraction of sp³-hybridized carbons (Fsp3) is 0.588. The lowest BCUT2D eigenvalue weighted by molar-refractivity contribution is 0.0938. The number of hydrogen-bond acceptors (Lipinski definition) is 3. The summed E-state index contributed by atoms with van der Waals surface area (Å²) in [5.74, 6) is -0.215. The molecule has 23 heavy (non-hydrogen) atoms. The average molecular weight is 338 g/mol. The zero-order valence-electron chi connectivity index (χ0n) is 14.1. The molecule has 1 aliphatic rings. The number of amides is 1. The molecule has 0 radical (unpaired) electrons. The molecule has 6 heteroatoms. The highest BCUT2D eigenvalue weighted by Crippen LogP contribution is 2.23. The van der Waals surface area contributed by atoms with Crippen molar-refractivity contribution in [1.82, 2.24) is 9.62 Å². The Morgan fingerprint density at radius 3 is 2.52 bits per heavy atom. The Morgan fingerprint density at radius 1 is 1.26 bits per heavy atom. The van der Waals surface area contributed by atoms with Crippen molar-refractivity contribution in [3.63, 3.8) is 0 Å². The number of hydrogen-bond donors (Lipinski definition) is 1. The molecule has 0 bridgehead atoms. The van der Waals surface area contributed by atoms with E-state index in [-0.39, 0.29) is 16.8 Å². The summed E-state index contributed by atoms with van der Waals surface area (Å²) in [5, 5.41) is 2.90. The Morgan fingerprint density at radius 2 is 1.91 bits per heavy atom. The van der Waals surface area contributed by atoms with E-state index in [4.69, 9.17) is 0 Å². The van der Waals surface area contributed by atoms with Crippen LogP contribution in [-0.4, -0.2) is 37.8 Å². The topological polar surface area (TPSA) is 66.5 Å². The van der Waals surface area contributed by atoms with Crippen molar-refractivity contribution >= 4 is 15.9 Å². The van der Waals surface area contributed by atoms with Gasteiger partial charge in [-0.3, -0.25) is 4.79 Å². The van der Waals surface area contributed by atoms with Crippen LogP contribution in [0.2, 0.25) is 0 Å². The number of aryl methyl sites for hydroxylation is 1. The minimum Gasteiger partial charge on any atom is -0.350 e. The lowest BCUT2D eigenvalue weighted by Gasteiger charge is -2.26. The molecule has 1 unspecified atom stereocenters. The van der Waals surface area contributed by atoms with Crippen molar-refractivity contribution in [3.05, 3.63) is 29.3 Å². The van der Waals surface area contributed by atoms with Crippen LogP contribution >= 0.6 is 0 Å². The van der Waals surface area contributed by atoms with E-state index in [0.29, 0.717) is 18.7 Å². The zero-order chi connectivity index (χ0) is 17.0. The maximum atomic E-state index is 12.7. The number of carbonyl (C=O) groups is 1. The van der Waals surface area contributed by atoms with Crippen molar-refractivity contribution in [1.29, 1.82) is 0 Å². The van der Waals surface area contributed by atoms with Gasteiger partial charge in [0.2, 0.25) is 10.0 Å². The summed E-state index contributed by atoms with van der Waals surface area (Å²) in [4.78, 5) is 12.6. The fourth-order valence-corrected chi connectivity index (χ4v) is 4.21. The third kappa shape index (κ3) is 4.12. The van der Waals surface area contributed by atoms with Gasteiger partial charge in [-0.15, -0.1) is 0 Å². The Balaban J connectivity index is 2.30. The predicted molar refractivity (Wildman–Crippen MR) is 91.0 cm³/mol. The van der Waals surface area contributed by atoms with E-state index in [9.17, 15) is 13.2 Å². The molecule has 0 spiro atoms. The van der Waals surface area contributed by atoms with Crippen molar-refractivity contribution in [2.75, 3.05) is 13.1 Å². The summed E-state index contributed by atoms with van der Waals surface area (Å²) in [6.07, 6.45) is 3.69. The largest absolute Gasteiger partial charge is 0.350 e. The van der Waals surface area contributed by atoms with Gasteiger partial charge in [-0.25, -0.2) is 8.42 Å². The van der Waals surface area contributed by atoms with E-state index < -0.39 is 10.0 Å². The lowest BCUT2D eigenvalue weighted by atomic mass is 10.1. The first kappa shape index (κ1) is 17.9. The van der Waals surface area contributed by atoms with Crippen LogP contribution in [-0.2, 0) is 10.0 Å². The highest BCUT2D eigenvalue weighted by atomic mass is 32.2. The van der Waals surface area contributed by atoms with E-state index in [1.807, 2.05) is 20.8 Å². The van der Waals surface area contributed by atoms with Crippen molar-refractivity contribution in [3.8, 4) is 0 Å². The number of carbonyl (C=O) groups excluding carboxylic acids is 1. The summed E-state index contributed by atoms with van der Waals surface area (Å²) >= 11 is 0. The first-order valence-electron chi connectivity index (χ1n) is 8.28. The SMILES string of the molecule is CCC(C)NC(=O)c1cc(S(=O)(=O)N2CCCCC2)ccc1C. The molecule has 1 aromatic rings. The second kappa shape index (κ2) is 7.45. The first-order valence-corrected chi connectivity index (χ1v) is 9.72. The van der Waals surface area contributed by atoms with Gasteiger partial charge in [0.15, 0.2) is 0 Å². The first-order chi connectivity index (χ1) is 10.9. The van der Waals surface area contributed by atoms with Gasteiger partial charge in [0.25, 0.3) is 5.91 Å². The fourth-order valence-electron chi connectivity index (χ4n) is 2.66. The maximum absolute atomic E-state index is 12.7. The maximum Gasteiger partial charge on any atom is 0.251 e. The average Bonchev–Trinajstić information content (AvgIpc) is 2.55. The Bertz CT molecular complexity index is 664. The monoisotopic (exact) mass is 338 g/mol. The molecule has 1 atom stereocenters. The molecule has 5 nitrogen and oxygen atoms in total. The van der Waals surface area contributed by atoms with Crippen LogP contribution < -0.4 is 5.32 Å². The van der Waals surface area contributed by atoms with Crippen molar-refractivity contribution in [2.24, 2.45) is 0 Å². The van der Waals surface area contributed by atoms with Crippen molar-refractivity contribution < 1.29 is 13.2 Å². The molecule has 1 aromatic carbocycles. The number of rotatable bonds is 5. The normalized spacial score (nSPS) is 17.7. The second-order valence-corrected chi connectivity index (χ2v) is 8.16. The standard InChI is InChI=1S/C17H26N2O3S/c1-4-14(3)18-17(20)16-12-15(9-8-13(16)2)23(21,22)19-10-6-5-7-11-19/h8-9,12,14H,4-7,10-11H2,1-3H3,(H,18,20). The number of sulfonamides is 1. The van der Waals surface area contributed by atoms with Gasteiger partial charge in [0.05, 0.1) is 4.90 Å². The number of piperidine rings is 1. The summed E-state index contributed by atoms with van der Waals surface area (Å²) in [7, 11) is -3.52. The molecule has 128 valence electrons. The lowest BCUT2D eigenvalue weighted by Crippen LogP contribution is -2.36. The number of nitrogens with zero attached hydrogens (tertiary/aromatic N) is 1. The zero-order valence-corrected chi connectivity index (χ0v) is 14.9. The molecule has 0 aliphatic carbocycles. The van der Waals surface area contributed by atoms with Crippen LogP contribution in [0, 0.1) is 6.92 Å². The van der Waals surface area contributed by atoms with Crippen LogP contribution in [0.1, 0.15) is 55.5 Å². The van der Waals surface area contributed by atoms with Crippen LogP contribution in [0.25, 0.3) is 0 Å². The predicted octanol–water partition coefficient (Wildman–Crippen LogP) is 2.70. The third-order valence-corrected chi connectivity index (χ3v) is 6.29. The van der Waals surface area contributed by atoms with Gasteiger partial charge in [0, 0.05) is 24.7 Å². The molecule has 1 heterocycles. The van der Waals surface area contributed by atoms with Crippen molar-refractivity contribution in [2.45, 2.75) is 57.4 Å². The number of nitrogens with one attached hydrogen (secondary N) is 1. The van der Waals surface area contributed by atoms with Gasteiger partial charge in [-0.2, -0.15) is 4.31 Å². The smallest absolute Gasteiger partial charge is 0.251 e. The van der Waals surface area contributed by atoms with E-state index >= 15 is 0 Å². The Hall–Kier alpha value is -1.40. The van der Waals surface area contributed by atoms with Gasteiger partial charge >= 0.3 is 0 Å². The molecule has 0 saturated carbocycles. The summed E-state index contributed by atoms with van der Waals surface area (Å²) in [6.45, 7) is 6.87. The van der Waals surface area contributed by atoms with E-state index in [1.54, 1.807) is 12.1 Å². The van der Waals surface area contributed by atoms with E-state index in [1.165, 1.54) is 10.4 Å². The molecule has 0 aromatic heterocycles. The molecule has 1 N–H and O–H groups in total. The summed E-state index contributed by atoms with van der Waals surface area (Å²) < 4.78 is 27.0. The molecule has 2 rings (SSSR count). The highest BCUT2D eigenvalue weighted by molar-refractivity contribution is 7.89. The van der Waals surface area contributed by atoms with Crippen LogP contribution in [0.4, 0.5) is 0 Å². The molecule has 1 amide bonds.